The number of hydrogen-bond acceptors (Lipinski definition) is 8. The normalized spacial score (nSPS) is 11.7. The summed E-state index contributed by atoms with van der Waals surface area (Å²) in [5.74, 6) is 2.44. The number of rotatable bonds is 10. The molecule has 0 aliphatic carbocycles. The van der Waals surface area contributed by atoms with Gasteiger partial charge in [0.15, 0.2) is 5.82 Å². The second-order valence-electron chi connectivity index (χ2n) is 6.35. The highest BCUT2D eigenvalue weighted by molar-refractivity contribution is 5.86. The predicted molar refractivity (Wildman–Crippen MR) is 114 cm³/mol. The third-order valence-electron chi connectivity index (χ3n) is 4.40. The Morgan fingerprint density at radius 3 is 2.79 bits per heavy atom. The van der Waals surface area contributed by atoms with Gasteiger partial charge in [-0.1, -0.05) is 6.08 Å². The number of aromatic nitrogens is 3. The molecule has 8 heteroatoms. The lowest BCUT2D eigenvalue weighted by molar-refractivity contribution is 0.275. The van der Waals surface area contributed by atoms with E-state index < -0.39 is 0 Å². The van der Waals surface area contributed by atoms with Crippen molar-refractivity contribution >= 4 is 22.8 Å². The quantitative estimate of drug-likeness (QED) is 0.450. The van der Waals surface area contributed by atoms with Gasteiger partial charge in [0.25, 0.3) is 0 Å². The Morgan fingerprint density at radius 2 is 2.07 bits per heavy atom. The lowest BCUT2D eigenvalue weighted by Gasteiger charge is -2.17. The van der Waals surface area contributed by atoms with Gasteiger partial charge in [-0.3, -0.25) is 4.98 Å². The summed E-state index contributed by atoms with van der Waals surface area (Å²) in [7, 11) is 3.23. The summed E-state index contributed by atoms with van der Waals surface area (Å²) in [5, 5.41) is 16.1. The number of nitrogens with zero attached hydrogens (tertiary/aromatic N) is 3. The molecular formula is C21H25N5O3. The number of hydrogen-bond donors (Lipinski definition) is 3. The molecule has 0 radical (unpaired) electrons. The van der Waals surface area contributed by atoms with Crippen molar-refractivity contribution in [3.05, 3.63) is 54.7 Å². The summed E-state index contributed by atoms with van der Waals surface area (Å²) < 4.78 is 10.7. The average Bonchev–Trinajstić information content (AvgIpc) is 2.77. The molecule has 2 heterocycles. The maximum absolute atomic E-state index is 9.60. The molecule has 3 aromatic rings. The van der Waals surface area contributed by atoms with Gasteiger partial charge in [-0.2, -0.15) is 4.98 Å². The van der Waals surface area contributed by atoms with Crippen molar-refractivity contribution in [2.24, 2.45) is 0 Å². The van der Waals surface area contributed by atoms with E-state index in [2.05, 4.69) is 32.2 Å². The van der Waals surface area contributed by atoms with Gasteiger partial charge >= 0.3 is 0 Å². The van der Waals surface area contributed by atoms with Crippen molar-refractivity contribution in [1.82, 2.24) is 15.0 Å². The molecule has 0 spiro atoms. The van der Waals surface area contributed by atoms with Gasteiger partial charge in [-0.15, -0.1) is 6.58 Å². The summed E-state index contributed by atoms with van der Waals surface area (Å²) in [6, 6.07) is 9.12. The third-order valence-corrected chi connectivity index (χ3v) is 4.40. The number of ether oxygens (including phenoxy) is 2. The Bertz CT molecular complexity index is 980. The number of nitrogens with one attached hydrogen (secondary N) is 2. The number of benzene rings is 1. The molecule has 0 amide bonds. The fraction of sp³-hybridized carbons (Fsp3) is 0.286. The van der Waals surface area contributed by atoms with Crippen LogP contribution in [0, 0.1) is 0 Å². The predicted octanol–water partition coefficient (Wildman–Crippen LogP) is 3.00. The van der Waals surface area contributed by atoms with Crippen LogP contribution in [0.15, 0.2) is 49.2 Å². The van der Waals surface area contributed by atoms with E-state index in [1.807, 2.05) is 30.3 Å². The maximum atomic E-state index is 9.60. The van der Waals surface area contributed by atoms with Crippen LogP contribution in [0.5, 0.6) is 11.5 Å². The number of fused-ring (bicyclic) bond motifs is 1. The van der Waals surface area contributed by atoms with Crippen LogP contribution in [0.2, 0.25) is 0 Å². The number of aliphatic hydroxyl groups excluding tert-OH is 1. The van der Waals surface area contributed by atoms with Crippen molar-refractivity contribution in [3.63, 3.8) is 0 Å². The van der Waals surface area contributed by atoms with Crippen molar-refractivity contribution in [2.75, 3.05) is 31.5 Å². The zero-order valence-electron chi connectivity index (χ0n) is 16.6. The maximum Gasteiger partial charge on any atom is 0.225 e. The molecule has 2 aromatic heterocycles. The molecule has 0 bridgehead atoms. The van der Waals surface area contributed by atoms with Gasteiger partial charge < -0.3 is 25.2 Å². The zero-order chi connectivity index (χ0) is 20.6. The Labute approximate surface area is 169 Å². The van der Waals surface area contributed by atoms with Crippen molar-refractivity contribution in [1.29, 1.82) is 0 Å². The molecule has 1 atom stereocenters. The standard InChI is InChI=1S/C21H25N5O3/c1-4-6-15(13-27)24-20-19-17(7-5-10-22-19)25-21(26-20)23-12-14-8-9-16(28-2)11-18(14)29-3/h4-5,7-11,15,27H,1,6,12-13H2,2-3H3,(H2,23,24,25,26). The third kappa shape index (κ3) is 4.91. The SMILES string of the molecule is C=CCC(CO)Nc1nc(NCc2ccc(OC)cc2OC)nc2cccnc12. The Morgan fingerprint density at radius 1 is 1.21 bits per heavy atom. The van der Waals surface area contributed by atoms with Gasteiger partial charge in [0.05, 0.1) is 32.4 Å². The zero-order valence-corrected chi connectivity index (χ0v) is 16.6. The molecule has 3 N–H and O–H groups in total. The highest BCUT2D eigenvalue weighted by Crippen LogP contribution is 2.26. The molecule has 0 fully saturated rings. The van der Waals surface area contributed by atoms with E-state index in [1.165, 1.54) is 0 Å². The minimum Gasteiger partial charge on any atom is -0.497 e. The summed E-state index contributed by atoms with van der Waals surface area (Å²) in [6.07, 6.45) is 4.04. The topological polar surface area (TPSA) is 101 Å². The van der Waals surface area contributed by atoms with E-state index in [-0.39, 0.29) is 12.6 Å². The van der Waals surface area contributed by atoms with Gasteiger partial charge in [0.1, 0.15) is 17.0 Å². The molecule has 0 saturated carbocycles. The fourth-order valence-electron chi connectivity index (χ4n) is 2.89. The number of methoxy groups -OCH3 is 2. The molecule has 8 nitrogen and oxygen atoms in total. The number of anilines is 2. The van der Waals surface area contributed by atoms with Crippen LogP contribution in [0.1, 0.15) is 12.0 Å². The lowest BCUT2D eigenvalue weighted by Crippen LogP contribution is -2.24. The van der Waals surface area contributed by atoms with Crippen LogP contribution in [-0.2, 0) is 6.54 Å². The minimum absolute atomic E-state index is 0.0455. The Hall–Kier alpha value is -3.39. The van der Waals surface area contributed by atoms with Crippen LogP contribution < -0.4 is 20.1 Å². The molecule has 1 aromatic carbocycles. The molecule has 3 rings (SSSR count). The summed E-state index contributed by atoms with van der Waals surface area (Å²) in [5.41, 5.74) is 2.28. The monoisotopic (exact) mass is 395 g/mol. The van der Waals surface area contributed by atoms with Gasteiger partial charge in [0.2, 0.25) is 5.95 Å². The smallest absolute Gasteiger partial charge is 0.225 e. The first-order chi connectivity index (χ1) is 14.2. The number of aliphatic hydroxyl groups is 1. The molecule has 29 heavy (non-hydrogen) atoms. The van der Waals surface area contributed by atoms with Crippen LogP contribution in [-0.4, -0.2) is 46.9 Å². The molecular weight excluding hydrogens is 370 g/mol. The highest BCUT2D eigenvalue weighted by Gasteiger charge is 2.13. The molecule has 0 aliphatic heterocycles. The summed E-state index contributed by atoms with van der Waals surface area (Å²) >= 11 is 0. The van der Waals surface area contributed by atoms with Crippen molar-refractivity contribution in [3.8, 4) is 11.5 Å². The largest absolute Gasteiger partial charge is 0.497 e. The Balaban J connectivity index is 1.87. The van der Waals surface area contributed by atoms with Gasteiger partial charge in [-0.05, 0) is 30.7 Å². The first-order valence-electron chi connectivity index (χ1n) is 9.24. The van der Waals surface area contributed by atoms with Crippen LogP contribution in [0.3, 0.4) is 0 Å². The Kier molecular flexibility index (Phi) is 6.80. The number of pyridine rings is 1. The van der Waals surface area contributed by atoms with E-state index in [9.17, 15) is 5.11 Å². The van der Waals surface area contributed by atoms with E-state index in [4.69, 9.17) is 9.47 Å². The molecule has 1 unspecified atom stereocenters. The van der Waals surface area contributed by atoms with Gasteiger partial charge in [-0.25, -0.2) is 4.98 Å². The van der Waals surface area contributed by atoms with Crippen molar-refractivity contribution in [2.45, 2.75) is 19.0 Å². The molecule has 152 valence electrons. The van der Waals surface area contributed by atoms with E-state index in [1.54, 1.807) is 26.5 Å². The first kappa shape index (κ1) is 20.3. The van der Waals surface area contributed by atoms with E-state index in [0.29, 0.717) is 41.5 Å². The fourth-order valence-corrected chi connectivity index (χ4v) is 2.89. The summed E-state index contributed by atoms with van der Waals surface area (Å²) in [6.45, 7) is 4.15. The van der Waals surface area contributed by atoms with Crippen LogP contribution in [0.25, 0.3) is 11.0 Å². The van der Waals surface area contributed by atoms with E-state index >= 15 is 0 Å². The van der Waals surface area contributed by atoms with Crippen molar-refractivity contribution < 1.29 is 14.6 Å². The van der Waals surface area contributed by atoms with Crippen LogP contribution >= 0.6 is 0 Å². The second kappa shape index (κ2) is 9.70. The first-order valence-corrected chi connectivity index (χ1v) is 9.24. The highest BCUT2D eigenvalue weighted by atomic mass is 16.5. The average molecular weight is 395 g/mol. The van der Waals surface area contributed by atoms with E-state index in [0.717, 1.165) is 11.3 Å². The minimum atomic E-state index is -0.206. The molecule has 0 saturated heterocycles. The molecule has 0 aliphatic rings. The second-order valence-corrected chi connectivity index (χ2v) is 6.35. The van der Waals surface area contributed by atoms with Crippen LogP contribution in [0.4, 0.5) is 11.8 Å². The van der Waals surface area contributed by atoms with Gasteiger partial charge in [0, 0.05) is 24.4 Å². The summed E-state index contributed by atoms with van der Waals surface area (Å²) in [4.78, 5) is 13.5. The lowest BCUT2D eigenvalue weighted by atomic mass is 10.2.